The van der Waals surface area contributed by atoms with Crippen LogP contribution in [-0.2, 0) is 4.79 Å². The third-order valence-electron chi connectivity index (χ3n) is 2.69. The molecule has 100 valence electrons. The first-order chi connectivity index (χ1) is 8.67. The molecule has 0 saturated heterocycles. The molecule has 3 N–H and O–H groups in total. The summed E-state index contributed by atoms with van der Waals surface area (Å²) in [6.45, 7) is 1.85. The number of hydrogen-bond acceptors (Lipinski definition) is 3. The van der Waals surface area contributed by atoms with Crippen LogP contribution in [0.2, 0.25) is 0 Å². The van der Waals surface area contributed by atoms with E-state index in [9.17, 15) is 9.18 Å². The summed E-state index contributed by atoms with van der Waals surface area (Å²) >= 11 is 0. The van der Waals surface area contributed by atoms with Crippen molar-refractivity contribution in [2.75, 3.05) is 31.6 Å². The predicted octanol–water partition coefficient (Wildman–Crippen LogP) is 1.12. The maximum absolute atomic E-state index is 13.2. The number of nitrogens with two attached hydrogens (primary N) is 1. The zero-order valence-corrected chi connectivity index (χ0v) is 10.7. The van der Waals surface area contributed by atoms with E-state index in [-0.39, 0.29) is 11.7 Å². The van der Waals surface area contributed by atoms with Gasteiger partial charge >= 0.3 is 0 Å². The molecule has 0 radical (unpaired) electrons. The summed E-state index contributed by atoms with van der Waals surface area (Å²) in [6.07, 6.45) is 1.20. The number of hydrogen-bond donors (Lipinski definition) is 2. The van der Waals surface area contributed by atoms with E-state index >= 15 is 0 Å². The lowest BCUT2D eigenvalue weighted by Crippen LogP contribution is -2.31. The van der Waals surface area contributed by atoms with Crippen LogP contribution in [-0.4, -0.2) is 32.6 Å². The van der Waals surface area contributed by atoms with E-state index in [0.29, 0.717) is 19.5 Å². The van der Waals surface area contributed by atoms with Crippen molar-refractivity contribution in [3.63, 3.8) is 0 Å². The average Bonchev–Trinajstić information content (AvgIpc) is 2.38. The summed E-state index contributed by atoms with van der Waals surface area (Å²) in [4.78, 5) is 13.2. The van der Waals surface area contributed by atoms with Crippen LogP contribution in [0.25, 0.3) is 0 Å². The van der Waals surface area contributed by atoms with E-state index in [1.165, 1.54) is 12.1 Å². The molecule has 0 aromatic heterocycles. The van der Waals surface area contributed by atoms with Crippen LogP contribution in [0.5, 0.6) is 0 Å². The molecule has 4 nitrogen and oxygen atoms in total. The summed E-state index contributed by atoms with van der Waals surface area (Å²) < 4.78 is 13.2. The minimum atomic E-state index is -0.273. The zero-order valence-electron chi connectivity index (χ0n) is 10.7. The normalized spacial score (nSPS) is 10.2. The van der Waals surface area contributed by atoms with Gasteiger partial charge in [-0.15, -0.1) is 0 Å². The van der Waals surface area contributed by atoms with Gasteiger partial charge in [0.15, 0.2) is 0 Å². The van der Waals surface area contributed by atoms with Crippen LogP contribution in [0, 0.1) is 5.82 Å². The Balaban J connectivity index is 2.68. The molecule has 0 saturated carbocycles. The number of carbonyl (C=O) groups is 1. The highest BCUT2D eigenvalue weighted by molar-refractivity contribution is 5.76. The van der Waals surface area contributed by atoms with Crippen molar-refractivity contribution < 1.29 is 9.18 Å². The monoisotopic (exact) mass is 253 g/mol. The molecule has 0 atom stereocenters. The highest BCUT2D eigenvalue weighted by atomic mass is 19.1. The Hall–Kier alpha value is -1.62. The van der Waals surface area contributed by atoms with E-state index in [4.69, 9.17) is 5.73 Å². The Morgan fingerprint density at radius 1 is 1.44 bits per heavy atom. The quantitative estimate of drug-likeness (QED) is 0.765. The van der Waals surface area contributed by atoms with E-state index in [0.717, 1.165) is 18.7 Å². The second-order valence-electron chi connectivity index (χ2n) is 4.03. The van der Waals surface area contributed by atoms with E-state index in [1.54, 1.807) is 13.1 Å². The molecule has 0 spiro atoms. The molecule has 5 heteroatoms. The average molecular weight is 253 g/mol. The standard InChI is InChI=1S/C13H20FN3O/c1-16-13(18)6-9-17(8-3-7-15)12-5-2-4-11(14)10-12/h2,4-5,10H,3,6-9,15H2,1H3,(H,16,18). The van der Waals surface area contributed by atoms with Crippen molar-refractivity contribution in [1.29, 1.82) is 0 Å². The van der Waals surface area contributed by atoms with Crippen LogP contribution < -0.4 is 16.0 Å². The molecule has 0 unspecified atom stereocenters. The van der Waals surface area contributed by atoms with E-state index in [2.05, 4.69) is 5.32 Å². The lowest BCUT2D eigenvalue weighted by Gasteiger charge is -2.24. The Kier molecular flexibility index (Phi) is 6.14. The van der Waals surface area contributed by atoms with E-state index < -0.39 is 0 Å². The van der Waals surface area contributed by atoms with Gasteiger partial charge in [0.25, 0.3) is 0 Å². The van der Waals surface area contributed by atoms with Gasteiger partial charge in [0.05, 0.1) is 0 Å². The molecular formula is C13H20FN3O. The molecule has 1 aromatic rings. The summed E-state index contributed by atoms with van der Waals surface area (Å²) in [6, 6.07) is 6.38. The van der Waals surface area contributed by atoms with Gasteiger partial charge in [-0.1, -0.05) is 6.07 Å². The van der Waals surface area contributed by atoms with Crippen molar-refractivity contribution in [3.05, 3.63) is 30.1 Å². The van der Waals surface area contributed by atoms with Crippen LogP contribution in [0.4, 0.5) is 10.1 Å². The van der Waals surface area contributed by atoms with Crippen molar-refractivity contribution in [2.45, 2.75) is 12.8 Å². The van der Waals surface area contributed by atoms with Gasteiger partial charge in [-0.05, 0) is 31.2 Å². The molecule has 0 aliphatic rings. The Morgan fingerprint density at radius 3 is 2.83 bits per heavy atom. The number of nitrogens with zero attached hydrogens (tertiary/aromatic N) is 1. The number of amides is 1. The number of rotatable bonds is 7. The highest BCUT2D eigenvalue weighted by Gasteiger charge is 2.09. The van der Waals surface area contributed by atoms with Crippen LogP contribution in [0.3, 0.4) is 0 Å². The van der Waals surface area contributed by atoms with Gasteiger partial charge in [0.1, 0.15) is 5.82 Å². The van der Waals surface area contributed by atoms with Gasteiger partial charge in [-0.2, -0.15) is 0 Å². The van der Waals surface area contributed by atoms with Gasteiger partial charge in [0, 0.05) is 32.2 Å². The molecule has 0 heterocycles. The van der Waals surface area contributed by atoms with Gasteiger partial charge in [-0.25, -0.2) is 4.39 Å². The van der Waals surface area contributed by atoms with Crippen LogP contribution in [0.15, 0.2) is 24.3 Å². The molecule has 18 heavy (non-hydrogen) atoms. The van der Waals surface area contributed by atoms with Crippen molar-refractivity contribution >= 4 is 11.6 Å². The summed E-state index contributed by atoms with van der Waals surface area (Å²) in [5, 5.41) is 2.57. The first-order valence-corrected chi connectivity index (χ1v) is 6.08. The molecule has 0 fully saturated rings. The molecule has 1 amide bonds. The largest absolute Gasteiger partial charge is 0.371 e. The fraction of sp³-hybridized carbons (Fsp3) is 0.462. The van der Waals surface area contributed by atoms with Crippen molar-refractivity contribution in [3.8, 4) is 0 Å². The lowest BCUT2D eigenvalue weighted by molar-refractivity contribution is -0.120. The zero-order chi connectivity index (χ0) is 13.4. The highest BCUT2D eigenvalue weighted by Crippen LogP contribution is 2.16. The SMILES string of the molecule is CNC(=O)CCN(CCCN)c1cccc(F)c1. The Bertz CT molecular complexity index is 384. The van der Waals surface area contributed by atoms with Gasteiger partial charge in [0.2, 0.25) is 5.91 Å². The van der Waals surface area contributed by atoms with Crippen molar-refractivity contribution in [2.24, 2.45) is 5.73 Å². The number of halogens is 1. The fourth-order valence-electron chi connectivity index (χ4n) is 1.69. The fourth-order valence-corrected chi connectivity index (χ4v) is 1.69. The molecule has 0 aliphatic heterocycles. The van der Waals surface area contributed by atoms with Crippen LogP contribution in [0.1, 0.15) is 12.8 Å². The third kappa shape index (κ3) is 4.71. The second-order valence-corrected chi connectivity index (χ2v) is 4.03. The summed E-state index contributed by atoms with van der Waals surface area (Å²) in [5.74, 6) is -0.297. The predicted molar refractivity (Wildman–Crippen MR) is 71.0 cm³/mol. The number of benzene rings is 1. The van der Waals surface area contributed by atoms with Crippen molar-refractivity contribution in [1.82, 2.24) is 5.32 Å². The van der Waals surface area contributed by atoms with E-state index in [1.807, 2.05) is 11.0 Å². The third-order valence-corrected chi connectivity index (χ3v) is 2.69. The summed E-state index contributed by atoms with van der Waals surface area (Å²) in [7, 11) is 1.61. The maximum Gasteiger partial charge on any atom is 0.221 e. The molecule has 1 aromatic carbocycles. The number of nitrogens with one attached hydrogen (secondary N) is 1. The molecule has 0 aliphatic carbocycles. The molecular weight excluding hydrogens is 233 g/mol. The minimum absolute atomic E-state index is 0.0239. The second kappa shape index (κ2) is 7.66. The molecule has 1 rings (SSSR count). The first kappa shape index (κ1) is 14.4. The molecule has 0 bridgehead atoms. The Labute approximate surface area is 107 Å². The minimum Gasteiger partial charge on any atom is -0.371 e. The lowest BCUT2D eigenvalue weighted by atomic mass is 10.2. The smallest absolute Gasteiger partial charge is 0.221 e. The Morgan fingerprint density at radius 2 is 2.22 bits per heavy atom. The van der Waals surface area contributed by atoms with Crippen LogP contribution >= 0.6 is 0 Å². The topological polar surface area (TPSA) is 58.4 Å². The maximum atomic E-state index is 13.2. The van der Waals surface area contributed by atoms with Gasteiger partial charge in [-0.3, -0.25) is 4.79 Å². The van der Waals surface area contributed by atoms with Gasteiger partial charge < -0.3 is 16.0 Å². The number of carbonyl (C=O) groups excluding carboxylic acids is 1. The first-order valence-electron chi connectivity index (χ1n) is 6.08. The number of anilines is 1. The summed E-state index contributed by atoms with van der Waals surface area (Å²) in [5.41, 5.74) is 6.27.